The highest BCUT2D eigenvalue weighted by Gasteiger charge is 2.09. The summed E-state index contributed by atoms with van der Waals surface area (Å²) in [6, 6.07) is 20.8. The molecule has 3 aromatic carbocycles. The summed E-state index contributed by atoms with van der Waals surface area (Å²) in [6.07, 6.45) is 0. The van der Waals surface area contributed by atoms with Crippen LogP contribution >= 0.6 is 0 Å². The molecule has 2 amide bonds. The van der Waals surface area contributed by atoms with E-state index in [0.717, 1.165) is 17.2 Å². The van der Waals surface area contributed by atoms with Crippen LogP contribution < -0.4 is 10.6 Å². The van der Waals surface area contributed by atoms with Crippen molar-refractivity contribution >= 4 is 11.8 Å². The zero-order valence-corrected chi connectivity index (χ0v) is 15.1. The Hall–Kier alpha value is -3.80. The SMILES string of the molecule is O=C(NCCNC(=O)c1cc(O)cc(O)c1)c1ccc(-c2ccccc2)cc1. The Labute approximate surface area is 162 Å². The molecule has 0 fully saturated rings. The van der Waals surface area contributed by atoms with Gasteiger partial charge in [0.1, 0.15) is 11.5 Å². The van der Waals surface area contributed by atoms with Crippen molar-refractivity contribution in [3.05, 3.63) is 83.9 Å². The number of benzene rings is 3. The van der Waals surface area contributed by atoms with Crippen molar-refractivity contribution in [1.29, 1.82) is 0 Å². The molecule has 0 radical (unpaired) electrons. The molecule has 3 rings (SSSR count). The molecule has 0 spiro atoms. The zero-order valence-electron chi connectivity index (χ0n) is 15.1. The second-order valence-corrected chi connectivity index (χ2v) is 6.19. The molecule has 0 heterocycles. The van der Waals surface area contributed by atoms with Crippen LogP contribution in [-0.4, -0.2) is 35.1 Å². The van der Waals surface area contributed by atoms with Gasteiger partial charge in [0.2, 0.25) is 0 Å². The molecule has 0 aliphatic rings. The predicted molar refractivity (Wildman–Crippen MR) is 106 cm³/mol. The Morgan fingerprint density at radius 3 is 1.71 bits per heavy atom. The molecule has 6 nitrogen and oxygen atoms in total. The number of phenols is 2. The molecular formula is C22H20N2O4. The van der Waals surface area contributed by atoms with Gasteiger partial charge in [-0.15, -0.1) is 0 Å². The average Bonchev–Trinajstić information content (AvgIpc) is 2.71. The van der Waals surface area contributed by atoms with Crippen molar-refractivity contribution in [2.45, 2.75) is 0 Å². The second-order valence-electron chi connectivity index (χ2n) is 6.19. The number of carbonyl (C=O) groups excluding carboxylic acids is 2. The second kappa shape index (κ2) is 8.73. The molecule has 0 saturated heterocycles. The van der Waals surface area contributed by atoms with Crippen molar-refractivity contribution in [2.24, 2.45) is 0 Å². The third kappa shape index (κ3) is 4.88. The maximum absolute atomic E-state index is 12.2. The number of carbonyl (C=O) groups is 2. The van der Waals surface area contributed by atoms with Crippen LogP contribution in [0.3, 0.4) is 0 Å². The molecule has 6 heteroatoms. The van der Waals surface area contributed by atoms with E-state index in [9.17, 15) is 19.8 Å². The van der Waals surface area contributed by atoms with Crippen LogP contribution in [0.2, 0.25) is 0 Å². The van der Waals surface area contributed by atoms with Crippen molar-refractivity contribution in [2.75, 3.05) is 13.1 Å². The molecule has 0 saturated carbocycles. The number of hydrogen-bond acceptors (Lipinski definition) is 4. The van der Waals surface area contributed by atoms with Gasteiger partial charge in [-0.2, -0.15) is 0 Å². The first-order valence-electron chi connectivity index (χ1n) is 8.78. The summed E-state index contributed by atoms with van der Waals surface area (Å²) in [4.78, 5) is 24.2. The van der Waals surface area contributed by atoms with Gasteiger partial charge in [0.25, 0.3) is 11.8 Å². The molecule has 4 N–H and O–H groups in total. The van der Waals surface area contributed by atoms with Gasteiger partial charge in [-0.05, 0) is 35.4 Å². The van der Waals surface area contributed by atoms with Crippen LogP contribution in [0.1, 0.15) is 20.7 Å². The fraction of sp³-hybridized carbons (Fsp3) is 0.0909. The summed E-state index contributed by atoms with van der Waals surface area (Å²) in [5.74, 6) is -1.08. The Morgan fingerprint density at radius 2 is 1.14 bits per heavy atom. The number of aromatic hydroxyl groups is 2. The average molecular weight is 376 g/mol. The third-order valence-electron chi connectivity index (χ3n) is 4.12. The lowest BCUT2D eigenvalue weighted by Crippen LogP contribution is -2.34. The Morgan fingerprint density at radius 1 is 0.643 bits per heavy atom. The first-order valence-corrected chi connectivity index (χ1v) is 8.78. The van der Waals surface area contributed by atoms with Crippen LogP contribution in [0.4, 0.5) is 0 Å². The van der Waals surface area contributed by atoms with E-state index in [2.05, 4.69) is 10.6 Å². The van der Waals surface area contributed by atoms with Gasteiger partial charge in [-0.3, -0.25) is 9.59 Å². The van der Waals surface area contributed by atoms with Gasteiger partial charge in [0.05, 0.1) is 0 Å². The summed E-state index contributed by atoms with van der Waals surface area (Å²) in [5.41, 5.74) is 2.78. The molecule has 0 bridgehead atoms. The van der Waals surface area contributed by atoms with Gasteiger partial charge in [0.15, 0.2) is 0 Å². The fourth-order valence-electron chi connectivity index (χ4n) is 2.73. The van der Waals surface area contributed by atoms with E-state index in [4.69, 9.17) is 0 Å². The minimum Gasteiger partial charge on any atom is -0.508 e. The fourth-order valence-corrected chi connectivity index (χ4v) is 2.73. The van der Waals surface area contributed by atoms with E-state index in [1.165, 1.54) is 12.1 Å². The van der Waals surface area contributed by atoms with Crippen LogP contribution in [0, 0.1) is 0 Å². The summed E-state index contributed by atoms with van der Waals surface area (Å²) >= 11 is 0. The highest BCUT2D eigenvalue weighted by molar-refractivity contribution is 5.96. The minimum atomic E-state index is -0.451. The number of nitrogens with one attached hydrogen (secondary N) is 2. The molecule has 28 heavy (non-hydrogen) atoms. The Balaban J connectivity index is 1.48. The summed E-state index contributed by atoms with van der Waals surface area (Å²) in [6.45, 7) is 0.457. The van der Waals surface area contributed by atoms with Crippen molar-refractivity contribution in [1.82, 2.24) is 10.6 Å². The molecular weight excluding hydrogens is 356 g/mol. The van der Waals surface area contributed by atoms with Crippen LogP contribution in [0.25, 0.3) is 11.1 Å². The number of rotatable bonds is 6. The van der Waals surface area contributed by atoms with Crippen molar-refractivity contribution in [3.63, 3.8) is 0 Å². The van der Waals surface area contributed by atoms with E-state index < -0.39 is 5.91 Å². The van der Waals surface area contributed by atoms with Gasteiger partial charge >= 0.3 is 0 Å². The monoisotopic (exact) mass is 376 g/mol. The minimum absolute atomic E-state index is 0.139. The van der Waals surface area contributed by atoms with Crippen LogP contribution in [0.15, 0.2) is 72.8 Å². The van der Waals surface area contributed by atoms with Gasteiger partial charge in [0, 0.05) is 30.3 Å². The van der Waals surface area contributed by atoms with Gasteiger partial charge in [-0.25, -0.2) is 0 Å². The number of hydrogen-bond donors (Lipinski definition) is 4. The summed E-state index contributed by atoms with van der Waals surface area (Å²) in [5, 5.41) is 24.2. The van der Waals surface area contributed by atoms with Crippen molar-refractivity contribution < 1.29 is 19.8 Å². The highest BCUT2D eigenvalue weighted by Crippen LogP contribution is 2.20. The zero-order chi connectivity index (χ0) is 19.9. The van der Waals surface area contributed by atoms with E-state index in [1.807, 2.05) is 42.5 Å². The van der Waals surface area contributed by atoms with Gasteiger partial charge in [-0.1, -0.05) is 42.5 Å². The van der Waals surface area contributed by atoms with E-state index in [0.29, 0.717) is 5.56 Å². The number of phenolic OH excluding ortho intramolecular Hbond substituents is 2. The number of amides is 2. The quantitative estimate of drug-likeness (QED) is 0.497. The molecule has 0 atom stereocenters. The largest absolute Gasteiger partial charge is 0.508 e. The van der Waals surface area contributed by atoms with Crippen LogP contribution in [0.5, 0.6) is 11.5 Å². The van der Waals surface area contributed by atoms with Gasteiger partial charge < -0.3 is 20.8 Å². The molecule has 0 unspecified atom stereocenters. The van der Waals surface area contributed by atoms with Crippen LogP contribution in [-0.2, 0) is 0 Å². The molecule has 0 aliphatic carbocycles. The standard InChI is InChI=1S/C22H20N2O4/c25-19-12-18(13-20(26)14-19)22(28)24-11-10-23-21(27)17-8-6-16(7-9-17)15-4-2-1-3-5-15/h1-9,12-14,25-26H,10-11H2,(H,23,27)(H,24,28). The third-order valence-corrected chi connectivity index (χ3v) is 4.12. The normalized spacial score (nSPS) is 10.3. The van der Waals surface area contributed by atoms with Crippen molar-refractivity contribution in [3.8, 4) is 22.6 Å². The lowest BCUT2D eigenvalue weighted by atomic mass is 10.0. The predicted octanol–water partition coefficient (Wildman–Crippen LogP) is 2.92. The first kappa shape index (κ1) is 19.0. The Kier molecular flexibility index (Phi) is 5.91. The van der Waals surface area contributed by atoms with E-state index in [1.54, 1.807) is 12.1 Å². The summed E-state index contributed by atoms with van der Waals surface area (Å²) in [7, 11) is 0. The molecule has 0 aliphatic heterocycles. The van der Waals surface area contributed by atoms with E-state index >= 15 is 0 Å². The smallest absolute Gasteiger partial charge is 0.251 e. The molecule has 142 valence electrons. The summed E-state index contributed by atoms with van der Waals surface area (Å²) < 4.78 is 0. The first-order chi connectivity index (χ1) is 13.5. The Bertz CT molecular complexity index is 949. The molecule has 0 aromatic heterocycles. The maximum Gasteiger partial charge on any atom is 0.251 e. The molecule has 3 aromatic rings. The maximum atomic E-state index is 12.2. The lowest BCUT2D eigenvalue weighted by molar-refractivity contribution is 0.0927. The highest BCUT2D eigenvalue weighted by atomic mass is 16.3. The lowest BCUT2D eigenvalue weighted by Gasteiger charge is -2.08. The van der Waals surface area contributed by atoms with E-state index in [-0.39, 0.29) is 36.1 Å². The topological polar surface area (TPSA) is 98.7 Å².